The Morgan fingerprint density at radius 3 is 2.65 bits per heavy atom. The summed E-state index contributed by atoms with van der Waals surface area (Å²) in [5, 5.41) is 5.82. The fourth-order valence-electron chi connectivity index (χ4n) is 2.98. The summed E-state index contributed by atoms with van der Waals surface area (Å²) in [6, 6.07) is 5.85. The summed E-state index contributed by atoms with van der Waals surface area (Å²) in [6.45, 7) is 5.39. The topological polar surface area (TPSA) is 67.4 Å². The molecule has 0 bridgehead atoms. The molecule has 2 N–H and O–H groups in total. The predicted molar refractivity (Wildman–Crippen MR) is 88.1 cm³/mol. The quantitative estimate of drug-likeness (QED) is 0.875. The van der Waals surface area contributed by atoms with Crippen LogP contribution < -0.4 is 10.6 Å². The zero-order chi connectivity index (χ0) is 16.4. The molecule has 1 saturated heterocycles. The molecule has 3 atom stereocenters. The summed E-state index contributed by atoms with van der Waals surface area (Å²) in [5.41, 5.74) is 3.13. The summed E-state index contributed by atoms with van der Waals surface area (Å²) < 4.78 is 5.48. The standard InChI is InChI=1S/C18H24N2O3/c1-11-5-6-13(8-12(11)2)20-18(22)16-9-15(16)17(21)19-10-14-4-3-7-23-14/h5-6,8,14-16H,3-4,7,9-10H2,1-2H3,(H,19,21)(H,20,22). The van der Waals surface area contributed by atoms with Crippen LogP contribution in [0.4, 0.5) is 5.69 Å². The van der Waals surface area contributed by atoms with Crippen molar-refractivity contribution >= 4 is 17.5 Å². The molecule has 1 aliphatic heterocycles. The van der Waals surface area contributed by atoms with Crippen LogP contribution in [0.2, 0.25) is 0 Å². The summed E-state index contributed by atoms with van der Waals surface area (Å²) in [6.07, 6.45) is 2.83. The van der Waals surface area contributed by atoms with Crippen LogP contribution in [0, 0.1) is 25.7 Å². The smallest absolute Gasteiger partial charge is 0.228 e. The first-order chi connectivity index (χ1) is 11.0. The minimum Gasteiger partial charge on any atom is -0.376 e. The van der Waals surface area contributed by atoms with Gasteiger partial charge in [0.15, 0.2) is 0 Å². The highest BCUT2D eigenvalue weighted by molar-refractivity contribution is 5.99. The van der Waals surface area contributed by atoms with Gasteiger partial charge in [0.2, 0.25) is 11.8 Å². The number of aryl methyl sites for hydroxylation is 2. The van der Waals surface area contributed by atoms with Crippen LogP contribution in [0.15, 0.2) is 18.2 Å². The first kappa shape index (κ1) is 16.0. The molecule has 1 aromatic rings. The van der Waals surface area contributed by atoms with Crippen LogP contribution in [0.1, 0.15) is 30.4 Å². The van der Waals surface area contributed by atoms with Gasteiger partial charge >= 0.3 is 0 Å². The lowest BCUT2D eigenvalue weighted by Crippen LogP contribution is -2.33. The molecule has 0 spiro atoms. The van der Waals surface area contributed by atoms with Crippen LogP contribution in [-0.4, -0.2) is 31.1 Å². The van der Waals surface area contributed by atoms with E-state index in [2.05, 4.69) is 10.6 Å². The Hall–Kier alpha value is -1.88. The van der Waals surface area contributed by atoms with Crippen molar-refractivity contribution < 1.29 is 14.3 Å². The van der Waals surface area contributed by atoms with E-state index in [1.807, 2.05) is 32.0 Å². The molecule has 3 rings (SSSR count). The molecule has 5 nitrogen and oxygen atoms in total. The predicted octanol–water partition coefficient (Wildman–Crippen LogP) is 2.17. The molecule has 2 amide bonds. The van der Waals surface area contributed by atoms with Crippen molar-refractivity contribution in [1.82, 2.24) is 5.32 Å². The SMILES string of the molecule is Cc1ccc(NC(=O)C2CC2C(=O)NCC2CCCO2)cc1C. The molecule has 5 heteroatoms. The molecule has 124 valence electrons. The van der Waals surface area contributed by atoms with Gasteiger partial charge in [-0.15, -0.1) is 0 Å². The molecule has 3 unspecified atom stereocenters. The van der Waals surface area contributed by atoms with Crippen molar-refractivity contribution in [1.29, 1.82) is 0 Å². The first-order valence-electron chi connectivity index (χ1n) is 8.32. The number of hydrogen-bond acceptors (Lipinski definition) is 3. The lowest BCUT2D eigenvalue weighted by Gasteiger charge is -2.11. The monoisotopic (exact) mass is 316 g/mol. The number of ether oxygens (including phenoxy) is 1. The average Bonchev–Trinajstić information content (AvgIpc) is 3.17. The van der Waals surface area contributed by atoms with Crippen LogP contribution >= 0.6 is 0 Å². The highest BCUT2D eigenvalue weighted by atomic mass is 16.5. The second-order valence-electron chi connectivity index (χ2n) is 6.62. The Labute approximate surface area is 136 Å². The van der Waals surface area contributed by atoms with E-state index in [1.54, 1.807) is 0 Å². The molecule has 1 aromatic carbocycles. The number of nitrogens with one attached hydrogen (secondary N) is 2. The fraction of sp³-hybridized carbons (Fsp3) is 0.556. The van der Waals surface area contributed by atoms with E-state index in [9.17, 15) is 9.59 Å². The Bertz CT molecular complexity index is 608. The van der Waals surface area contributed by atoms with E-state index in [4.69, 9.17) is 4.74 Å². The maximum absolute atomic E-state index is 12.2. The molecule has 1 aliphatic carbocycles. The largest absolute Gasteiger partial charge is 0.376 e. The summed E-state index contributed by atoms with van der Waals surface area (Å²) in [5.74, 6) is -0.490. The summed E-state index contributed by atoms with van der Waals surface area (Å²) >= 11 is 0. The van der Waals surface area contributed by atoms with Gasteiger partial charge in [-0.05, 0) is 56.4 Å². The number of benzene rings is 1. The molecule has 0 aromatic heterocycles. The third-order valence-corrected chi connectivity index (χ3v) is 4.77. The maximum Gasteiger partial charge on any atom is 0.228 e. The molecule has 1 saturated carbocycles. The van der Waals surface area contributed by atoms with E-state index in [1.165, 1.54) is 5.56 Å². The van der Waals surface area contributed by atoms with Gasteiger partial charge in [0, 0.05) is 18.8 Å². The highest BCUT2D eigenvalue weighted by Crippen LogP contribution is 2.39. The van der Waals surface area contributed by atoms with Gasteiger partial charge < -0.3 is 15.4 Å². The lowest BCUT2D eigenvalue weighted by atomic mass is 10.1. The first-order valence-corrected chi connectivity index (χ1v) is 8.32. The third-order valence-electron chi connectivity index (χ3n) is 4.77. The minimum atomic E-state index is -0.207. The minimum absolute atomic E-state index is 0.0271. The lowest BCUT2D eigenvalue weighted by molar-refractivity contribution is -0.125. The average molecular weight is 316 g/mol. The number of rotatable bonds is 5. The molecule has 2 fully saturated rings. The van der Waals surface area contributed by atoms with E-state index >= 15 is 0 Å². The summed E-state index contributed by atoms with van der Waals surface area (Å²) in [4.78, 5) is 24.3. The van der Waals surface area contributed by atoms with Crippen molar-refractivity contribution in [2.45, 2.75) is 39.2 Å². The van der Waals surface area contributed by atoms with E-state index < -0.39 is 0 Å². The fourth-order valence-corrected chi connectivity index (χ4v) is 2.98. The number of anilines is 1. The van der Waals surface area contributed by atoms with Crippen molar-refractivity contribution in [3.05, 3.63) is 29.3 Å². The second kappa shape index (κ2) is 6.71. The summed E-state index contributed by atoms with van der Waals surface area (Å²) in [7, 11) is 0. The van der Waals surface area contributed by atoms with E-state index in [0.29, 0.717) is 13.0 Å². The van der Waals surface area contributed by atoms with Crippen LogP contribution in [0.3, 0.4) is 0 Å². The number of hydrogen-bond donors (Lipinski definition) is 2. The highest BCUT2D eigenvalue weighted by Gasteiger charge is 2.48. The molecule has 1 heterocycles. The van der Waals surface area contributed by atoms with Gasteiger partial charge in [0.05, 0.1) is 17.9 Å². The maximum atomic E-state index is 12.2. The normalized spacial score (nSPS) is 25.9. The van der Waals surface area contributed by atoms with Crippen LogP contribution in [0.25, 0.3) is 0 Å². The van der Waals surface area contributed by atoms with Crippen molar-refractivity contribution in [3.63, 3.8) is 0 Å². The third kappa shape index (κ3) is 3.91. The Morgan fingerprint density at radius 1 is 1.17 bits per heavy atom. The van der Waals surface area contributed by atoms with Crippen LogP contribution in [-0.2, 0) is 14.3 Å². The van der Waals surface area contributed by atoms with Crippen molar-refractivity contribution in [2.24, 2.45) is 11.8 Å². The van der Waals surface area contributed by atoms with Gasteiger partial charge in [0.25, 0.3) is 0 Å². The Morgan fingerprint density at radius 2 is 1.96 bits per heavy atom. The van der Waals surface area contributed by atoms with Crippen molar-refractivity contribution in [2.75, 3.05) is 18.5 Å². The molecule has 2 aliphatic rings. The zero-order valence-electron chi connectivity index (χ0n) is 13.7. The van der Waals surface area contributed by atoms with Gasteiger partial charge in [-0.25, -0.2) is 0 Å². The zero-order valence-corrected chi connectivity index (χ0v) is 13.7. The van der Waals surface area contributed by atoms with Gasteiger partial charge in [-0.2, -0.15) is 0 Å². The molecule has 0 radical (unpaired) electrons. The Kier molecular flexibility index (Phi) is 4.66. The van der Waals surface area contributed by atoms with Crippen LogP contribution in [0.5, 0.6) is 0 Å². The van der Waals surface area contributed by atoms with Crippen molar-refractivity contribution in [3.8, 4) is 0 Å². The molecule has 23 heavy (non-hydrogen) atoms. The number of carbonyl (C=O) groups is 2. The second-order valence-corrected chi connectivity index (χ2v) is 6.62. The van der Waals surface area contributed by atoms with Gasteiger partial charge in [-0.1, -0.05) is 6.07 Å². The van der Waals surface area contributed by atoms with Gasteiger partial charge in [-0.3, -0.25) is 9.59 Å². The number of amides is 2. The van der Waals surface area contributed by atoms with E-state index in [0.717, 1.165) is 30.7 Å². The Balaban J connectivity index is 1.46. The molecular weight excluding hydrogens is 292 g/mol. The number of carbonyl (C=O) groups excluding carboxylic acids is 2. The molecular formula is C18H24N2O3. The van der Waals surface area contributed by atoms with Gasteiger partial charge in [0.1, 0.15) is 0 Å². The van der Waals surface area contributed by atoms with E-state index in [-0.39, 0.29) is 29.8 Å².